The van der Waals surface area contributed by atoms with Crippen LogP contribution >= 0.6 is 11.6 Å². The molecule has 1 aliphatic rings. The molecule has 0 saturated carbocycles. The number of sulfonamides is 1. The molecule has 0 aliphatic carbocycles. The van der Waals surface area contributed by atoms with E-state index in [9.17, 15) is 8.42 Å². The van der Waals surface area contributed by atoms with E-state index in [1.165, 1.54) is 16.6 Å². The van der Waals surface area contributed by atoms with E-state index in [1.54, 1.807) is 0 Å². The quantitative estimate of drug-likeness (QED) is 0.881. The highest BCUT2D eigenvalue weighted by molar-refractivity contribution is 7.89. The van der Waals surface area contributed by atoms with E-state index >= 15 is 0 Å². The zero-order valence-corrected chi connectivity index (χ0v) is 13.2. The molecule has 6 nitrogen and oxygen atoms in total. The number of hydrogen-bond acceptors (Lipinski definition) is 5. The first kappa shape index (κ1) is 15.5. The second kappa shape index (κ2) is 5.85. The molecule has 2 N–H and O–H groups in total. The summed E-state index contributed by atoms with van der Waals surface area (Å²) in [5, 5.41) is 0.158. The van der Waals surface area contributed by atoms with E-state index in [2.05, 4.69) is 9.88 Å². The Morgan fingerprint density at radius 2 is 2.15 bits per heavy atom. The Morgan fingerprint density at radius 3 is 2.80 bits per heavy atom. The van der Waals surface area contributed by atoms with E-state index in [0.29, 0.717) is 13.1 Å². The van der Waals surface area contributed by atoms with E-state index < -0.39 is 10.0 Å². The van der Waals surface area contributed by atoms with Gasteiger partial charge in [-0.1, -0.05) is 11.6 Å². The molecule has 0 aromatic carbocycles. The van der Waals surface area contributed by atoms with E-state index in [-0.39, 0.29) is 21.8 Å². The summed E-state index contributed by atoms with van der Waals surface area (Å²) in [6.45, 7) is 3.99. The van der Waals surface area contributed by atoms with E-state index in [1.807, 2.05) is 14.0 Å². The van der Waals surface area contributed by atoms with Gasteiger partial charge < -0.3 is 10.6 Å². The maximum atomic E-state index is 12.7. The van der Waals surface area contributed by atoms with Crippen molar-refractivity contribution in [2.24, 2.45) is 0 Å². The second-order valence-electron chi connectivity index (χ2n) is 5.12. The number of nitrogens with zero attached hydrogens (tertiary/aromatic N) is 3. The Bertz CT molecular complexity index is 593. The van der Waals surface area contributed by atoms with Gasteiger partial charge in [0.05, 0.1) is 5.02 Å². The van der Waals surface area contributed by atoms with Crippen molar-refractivity contribution < 1.29 is 8.42 Å². The largest absolute Gasteiger partial charge is 0.382 e. The van der Waals surface area contributed by atoms with Gasteiger partial charge in [0, 0.05) is 25.3 Å². The van der Waals surface area contributed by atoms with Crippen LogP contribution in [0.15, 0.2) is 17.2 Å². The molecule has 1 aliphatic heterocycles. The van der Waals surface area contributed by atoms with Gasteiger partial charge in [0.1, 0.15) is 10.7 Å². The van der Waals surface area contributed by atoms with Gasteiger partial charge >= 0.3 is 0 Å². The molecule has 1 atom stereocenters. The van der Waals surface area contributed by atoms with Gasteiger partial charge in [0.2, 0.25) is 10.0 Å². The van der Waals surface area contributed by atoms with Crippen molar-refractivity contribution in [3.8, 4) is 0 Å². The van der Waals surface area contributed by atoms with Crippen molar-refractivity contribution in [2.45, 2.75) is 24.3 Å². The molecule has 112 valence electrons. The molecular formula is C12H19ClN4O2S. The summed E-state index contributed by atoms with van der Waals surface area (Å²) in [4.78, 5) is 6.06. The third kappa shape index (κ3) is 3.06. The van der Waals surface area contributed by atoms with E-state index in [4.69, 9.17) is 17.3 Å². The molecule has 2 rings (SSSR count). The van der Waals surface area contributed by atoms with Crippen LogP contribution in [0.5, 0.6) is 0 Å². The van der Waals surface area contributed by atoms with Crippen molar-refractivity contribution in [3.05, 3.63) is 17.3 Å². The predicted molar refractivity (Wildman–Crippen MR) is 79.1 cm³/mol. The standard InChI is InChI=1S/C12H19ClN4O2S/c1-9-8-16(2)4-3-5-17(9)20(18,19)10-6-11(13)12(14)15-7-10/h6-7,9H,3-5,8H2,1-2H3,(H2,14,15). The topological polar surface area (TPSA) is 79.5 Å². The number of pyridine rings is 1. The number of hydrogen-bond donors (Lipinski definition) is 1. The number of likely N-dealkylation sites (N-methyl/N-ethyl adjacent to an activating group) is 1. The van der Waals surface area contributed by atoms with E-state index in [0.717, 1.165) is 13.0 Å². The van der Waals surface area contributed by atoms with Crippen molar-refractivity contribution in [1.29, 1.82) is 0 Å². The molecule has 20 heavy (non-hydrogen) atoms. The second-order valence-corrected chi connectivity index (χ2v) is 7.42. The third-order valence-corrected chi connectivity index (χ3v) is 5.72. The number of anilines is 1. The molecule has 0 amide bonds. The smallest absolute Gasteiger partial charge is 0.244 e. The lowest BCUT2D eigenvalue weighted by Gasteiger charge is -2.27. The highest BCUT2D eigenvalue weighted by Crippen LogP contribution is 2.25. The van der Waals surface area contributed by atoms with Crippen molar-refractivity contribution in [1.82, 2.24) is 14.2 Å². The molecule has 0 spiro atoms. The third-order valence-electron chi connectivity index (χ3n) is 3.44. The lowest BCUT2D eigenvalue weighted by Crippen LogP contribution is -2.41. The predicted octanol–water partition coefficient (Wildman–Crippen LogP) is 1.03. The van der Waals surface area contributed by atoms with Crippen LogP contribution in [-0.2, 0) is 10.0 Å². The lowest BCUT2D eigenvalue weighted by molar-refractivity contribution is 0.290. The normalized spacial score (nSPS) is 22.6. The summed E-state index contributed by atoms with van der Waals surface area (Å²) in [6.07, 6.45) is 2.06. The molecule has 2 heterocycles. The molecule has 1 fully saturated rings. The van der Waals surface area contributed by atoms with Gasteiger partial charge in [-0.15, -0.1) is 0 Å². The van der Waals surface area contributed by atoms with Crippen molar-refractivity contribution in [2.75, 3.05) is 32.4 Å². The van der Waals surface area contributed by atoms with Crippen LogP contribution in [0.1, 0.15) is 13.3 Å². The lowest BCUT2D eigenvalue weighted by atomic mass is 10.3. The average molecular weight is 319 g/mol. The first-order valence-electron chi connectivity index (χ1n) is 6.44. The Labute approximate surface area is 124 Å². The zero-order valence-electron chi connectivity index (χ0n) is 11.6. The van der Waals surface area contributed by atoms with Crippen LogP contribution in [0, 0.1) is 0 Å². The summed E-state index contributed by atoms with van der Waals surface area (Å²) in [6, 6.07) is 1.27. The number of nitrogens with two attached hydrogens (primary N) is 1. The summed E-state index contributed by atoms with van der Waals surface area (Å²) in [5.41, 5.74) is 5.52. The maximum Gasteiger partial charge on any atom is 0.244 e. The summed E-state index contributed by atoms with van der Waals surface area (Å²) >= 11 is 5.87. The van der Waals surface area contributed by atoms with Crippen LogP contribution in [0.25, 0.3) is 0 Å². The SMILES string of the molecule is CC1CN(C)CCCN1S(=O)(=O)c1cnc(N)c(Cl)c1. The minimum Gasteiger partial charge on any atom is -0.382 e. The summed E-state index contributed by atoms with van der Waals surface area (Å²) < 4.78 is 26.9. The summed E-state index contributed by atoms with van der Waals surface area (Å²) in [5.74, 6) is 0.134. The maximum absolute atomic E-state index is 12.7. The Kier molecular flexibility index (Phi) is 4.53. The number of aromatic nitrogens is 1. The fourth-order valence-corrected chi connectivity index (χ4v) is 4.28. The zero-order chi connectivity index (χ0) is 14.9. The van der Waals surface area contributed by atoms with Gasteiger partial charge in [-0.05, 0) is 33.0 Å². The summed E-state index contributed by atoms with van der Waals surface area (Å²) in [7, 11) is -1.60. The van der Waals surface area contributed by atoms with Crippen LogP contribution < -0.4 is 5.73 Å². The van der Waals surface area contributed by atoms with Crippen LogP contribution in [-0.4, -0.2) is 55.3 Å². The van der Waals surface area contributed by atoms with Crippen LogP contribution in [0.2, 0.25) is 5.02 Å². The molecule has 1 saturated heterocycles. The first-order chi connectivity index (χ1) is 9.32. The van der Waals surface area contributed by atoms with Crippen LogP contribution in [0.4, 0.5) is 5.82 Å². The minimum absolute atomic E-state index is 0.0908. The molecule has 1 aromatic rings. The van der Waals surface area contributed by atoms with Crippen molar-refractivity contribution in [3.63, 3.8) is 0 Å². The first-order valence-corrected chi connectivity index (χ1v) is 8.25. The molecule has 0 bridgehead atoms. The highest BCUT2D eigenvalue weighted by atomic mass is 35.5. The number of halogens is 1. The molecular weight excluding hydrogens is 300 g/mol. The molecule has 1 unspecified atom stereocenters. The highest BCUT2D eigenvalue weighted by Gasteiger charge is 2.31. The van der Waals surface area contributed by atoms with Gasteiger partial charge in [-0.25, -0.2) is 13.4 Å². The monoisotopic (exact) mass is 318 g/mol. The molecule has 0 radical (unpaired) electrons. The van der Waals surface area contributed by atoms with Crippen LogP contribution in [0.3, 0.4) is 0 Å². The van der Waals surface area contributed by atoms with Gasteiger partial charge in [-0.2, -0.15) is 4.31 Å². The molecule has 1 aromatic heterocycles. The average Bonchev–Trinajstić information content (AvgIpc) is 2.53. The number of rotatable bonds is 2. The fraction of sp³-hybridized carbons (Fsp3) is 0.583. The Balaban J connectivity index is 2.35. The molecule has 8 heteroatoms. The minimum atomic E-state index is -3.59. The Morgan fingerprint density at radius 1 is 1.45 bits per heavy atom. The van der Waals surface area contributed by atoms with Gasteiger partial charge in [0.15, 0.2) is 0 Å². The number of nitrogen functional groups attached to an aromatic ring is 1. The Hall–Kier alpha value is -0.890. The van der Waals surface area contributed by atoms with Crippen molar-refractivity contribution >= 4 is 27.4 Å². The fourth-order valence-electron chi connectivity index (χ4n) is 2.41. The van der Waals surface area contributed by atoms with Gasteiger partial charge in [-0.3, -0.25) is 0 Å². The van der Waals surface area contributed by atoms with Gasteiger partial charge in [0.25, 0.3) is 0 Å².